The average molecular weight is 412 g/mol. The molecule has 1 aromatic carbocycles. The Bertz CT molecular complexity index is 865. The summed E-state index contributed by atoms with van der Waals surface area (Å²) in [4.78, 5) is 29.1. The van der Waals surface area contributed by atoms with E-state index in [9.17, 15) is 9.59 Å². The van der Waals surface area contributed by atoms with Gasteiger partial charge in [-0.15, -0.1) is 5.10 Å². The molecule has 160 valence electrons. The molecule has 1 aromatic heterocycles. The number of amides is 2. The molecule has 0 saturated carbocycles. The number of aromatic nitrogens is 3. The number of hydrogen-bond donors (Lipinski definition) is 1. The van der Waals surface area contributed by atoms with Gasteiger partial charge in [-0.25, -0.2) is 4.68 Å². The van der Waals surface area contributed by atoms with Gasteiger partial charge in [-0.2, -0.15) is 0 Å². The van der Waals surface area contributed by atoms with E-state index in [1.807, 2.05) is 42.3 Å². The number of morpholine rings is 1. The largest absolute Gasteiger partial charge is 0.378 e. The number of nitrogens with zero attached hydrogens (tertiary/aromatic N) is 5. The standard InChI is InChI=1S/C21H28N6O3/c1-25-17(13-20(28)26-9-11-30-12-10-26)7-8-18(25)14-22-21(29)19-15-27(24-23-19)16-5-3-2-4-6-16/h2-6,15,17-18H,7-14H2,1H3,(H,22,29)/t17-,18+/m1/s1. The second-order valence-corrected chi connectivity index (χ2v) is 7.84. The van der Waals surface area contributed by atoms with Crippen LogP contribution in [0, 0.1) is 0 Å². The van der Waals surface area contributed by atoms with E-state index < -0.39 is 0 Å². The monoisotopic (exact) mass is 412 g/mol. The zero-order chi connectivity index (χ0) is 20.9. The fraction of sp³-hybridized carbons (Fsp3) is 0.524. The maximum atomic E-state index is 12.5. The van der Waals surface area contributed by atoms with Crippen molar-refractivity contribution >= 4 is 11.8 Å². The summed E-state index contributed by atoms with van der Waals surface area (Å²) in [6.07, 6.45) is 4.06. The van der Waals surface area contributed by atoms with Gasteiger partial charge < -0.3 is 15.0 Å². The number of carbonyl (C=O) groups excluding carboxylic acids is 2. The summed E-state index contributed by atoms with van der Waals surface area (Å²) in [5.41, 5.74) is 1.14. The Hall–Kier alpha value is -2.78. The summed E-state index contributed by atoms with van der Waals surface area (Å²) < 4.78 is 6.91. The first-order valence-corrected chi connectivity index (χ1v) is 10.5. The van der Waals surface area contributed by atoms with E-state index in [4.69, 9.17) is 4.74 Å². The summed E-state index contributed by atoms with van der Waals surface area (Å²) >= 11 is 0. The Morgan fingerprint density at radius 1 is 1.13 bits per heavy atom. The molecule has 4 rings (SSSR count). The van der Waals surface area contributed by atoms with Crippen LogP contribution in [0.4, 0.5) is 0 Å². The van der Waals surface area contributed by atoms with Crippen LogP contribution >= 0.6 is 0 Å². The Morgan fingerprint density at radius 2 is 1.87 bits per heavy atom. The van der Waals surface area contributed by atoms with Crippen molar-refractivity contribution in [1.82, 2.24) is 30.1 Å². The highest BCUT2D eigenvalue weighted by molar-refractivity contribution is 5.91. The van der Waals surface area contributed by atoms with E-state index in [0.29, 0.717) is 45.0 Å². The number of ether oxygens (including phenoxy) is 1. The number of nitrogens with one attached hydrogen (secondary N) is 1. The Balaban J connectivity index is 1.26. The van der Waals surface area contributed by atoms with Crippen LogP contribution < -0.4 is 5.32 Å². The number of likely N-dealkylation sites (N-methyl/N-ethyl adjacent to an activating group) is 1. The Morgan fingerprint density at radius 3 is 2.63 bits per heavy atom. The molecule has 30 heavy (non-hydrogen) atoms. The summed E-state index contributed by atoms with van der Waals surface area (Å²) in [6, 6.07) is 9.97. The van der Waals surface area contributed by atoms with Crippen molar-refractivity contribution in [1.29, 1.82) is 0 Å². The molecule has 3 heterocycles. The number of hydrogen-bond acceptors (Lipinski definition) is 6. The molecule has 2 atom stereocenters. The van der Waals surface area contributed by atoms with Crippen LogP contribution in [0.2, 0.25) is 0 Å². The number of carbonyl (C=O) groups is 2. The van der Waals surface area contributed by atoms with Gasteiger partial charge in [0.2, 0.25) is 5.91 Å². The lowest BCUT2D eigenvalue weighted by Crippen LogP contribution is -2.45. The highest BCUT2D eigenvalue weighted by atomic mass is 16.5. The van der Waals surface area contributed by atoms with E-state index in [1.54, 1.807) is 10.9 Å². The summed E-state index contributed by atoms with van der Waals surface area (Å²) in [7, 11) is 2.03. The molecular formula is C21H28N6O3. The van der Waals surface area contributed by atoms with Crippen molar-refractivity contribution in [2.75, 3.05) is 39.9 Å². The topological polar surface area (TPSA) is 92.6 Å². The Kier molecular flexibility index (Phi) is 6.39. The lowest BCUT2D eigenvalue weighted by atomic mass is 10.1. The van der Waals surface area contributed by atoms with Gasteiger partial charge in [-0.3, -0.25) is 14.5 Å². The van der Waals surface area contributed by atoms with E-state index in [0.717, 1.165) is 18.5 Å². The number of benzene rings is 1. The summed E-state index contributed by atoms with van der Waals surface area (Å²) in [5, 5.41) is 11.0. The second-order valence-electron chi connectivity index (χ2n) is 7.84. The number of rotatable bonds is 6. The van der Waals surface area contributed by atoms with Crippen LogP contribution in [0.25, 0.3) is 5.69 Å². The first-order chi connectivity index (χ1) is 14.6. The fourth-order valence-electron chi connectivity index (χ4n) is 4.10. The molecule has 1 N–H and O–H groups in total. The zero-order valence-corrected chi connectivity index (χ0v) is 17.2. The van der Waals surface area contributed by atoms with Gasteiger partial charge >= 0.3 is 0 Å². The predicted molar refractivity (Wildman–Crippen MR) is 110 cm³/mol. The maximum absolute atomic E-state index is 12.5. The van der Waals surface area contributed by atoms with E-state index in [1.165, 1.54) is 0 Å². The van der Waals surface area contributed by atoms with Crippen molar-refractivity contribution in [3.8, 4) is 5.69 Å². The number of likely N-dealkylation sites (tertiary alicyclic amines) is 1. The molecule has 0 bridgehead atoms. The molecule has 9 nitrogen and oxygen atoms in total. The molecule has 2 aliphatic rings. The SMILES string of the molecule is CN1[C@@H](CC(=O)N2CCOCC2)CC[C@H]1CNC(=O)c1cn(-c2ccccc2)nn1. The van der Waals surface area contributed by atoms with Crippen LogP contribution in [-0.4, -0.2) is 88.6 Å². The minimum atomic E-state index is -0.238. The molecule has 0 spiro atoms. The molecule has 2 aliphatic heterocycles. The quantitative estimate of drug-likeness (QED) is 0.751. The zero-order valence-electron chi connectivity index (χ0n) is 17.2. The van der Waals surface area contributed by atoms with Gasteiger partial charge in [0.05, 0.1) is 25.1 Å². The maximum Gasteiger partial charge on any atom is 0.273 e. The normalized spacial score (nSPS) is 22.2. The van der Waals surface area contributed by atoms with E-state index in [2.05, 4.69) is 20.5 Å². The fourth-order valence-corrected chi connectivity index (χ4v) is 4.10. The van der Waals surface area contributed by atoms with Gasteiger partial charge in [-0.1, -0.05) is 23.4 Å². The first kappa shape index (κ1) is 20.5. The molecule has 9 heteroatoms. The van der Waals surface area contributed by atoms with Crippen LogP contribution in [0.3, 0.4) is 0 Å². The summed E-state index contributed by atoms with van der Waals surface area (Å²) in [5.74, 6) is -0.0456. The van der Waals surface area contributed by atoms with Gasteiger partial charge in [0.15, 0.2) is 5.69 Å². The molecule has 2 fully saturated rings. The Labute approximate surface area is 176 Å². The third-order valence-electron chi connectivity index (χ3n) is 6.00. The second kappa shape index (κ2) is 9.36. The van der Waals surface area contributed by atoms with Crippen molar-refractivity contribution < 1.29 is 14.3 Å². The van der Waals surface area contributed by atoms with Gasteiger partial charge in [-0.05, 0) is 32.0 Å². The smallest absolute Gasteiger partial charge is 0.273 e. The number of para-hydroxylation sites is 1. The minimum Gasteiger partial charge on any atom is -0.378 e. The molecular weight excluding hydrogens is 384 g/mol. The lowest BCUT2D eigenvalue weighted by molar-refractivity contribution is -0.136. The average Bonchev–Trinajstić information content (AvgIpc) is 3.41. The molecule has 0 aliphatic carbocycles. The predicted octanol–water partition coefficient (Wildman–Crippen LogP) is 0.709. The van der Waals surface area contributed by atoms with Crippen molar-refractivity contribution in [3.05, 3.63) is 42.2 Å². The van der Waals surface area contributed by atoms with Crippen LogP contribution in [0.5, 0.6) is 0 Å². The van der Waals surface area contributed by atoms with E-state index in [-0.39, 0.29) is 23.9 Å². The van der Waals surface area contributed by atoms with Gasteiger partial charge in [0.1, 0.15) is 0 Å². The van der Waals surface area contributed by atoms with Gasteiger partial charge in [0.25, 0.3) is 5.91 Å². The lowest BCUT2D eigenvalue weighted by Gasteiger charge is -2.30. The minimum absolute atomic E-state index is 0.192. The third kappa shape index (κ3) is 4.68. The van der Waals surface area contributed by atoms with Gasteiger partial charge in [0, 0.05) is 38.1 Å². The van der Waals surface area contributed by atoms with Crippen molar-refractivity contribution in [3.63, 3.8) is 0 Å². The van der Waals surface area contributed by atoms with Crippen LogP contribution in [-0.2, 0) is 9.53 Å². The van der Waals surface area contributed by atoms with E-state index >= 15 is 0 Å². The molecule has 2 saturated heterocycles. The first-order valence-electron chi connectivity index (χ1n) is 10.5. The molecule has 0 unspecified atom stereocenters. The summed E-state index contributed by atoms with van der Waals surface area (Å²) in [6.45, 7) is 3.12. The third-order valence-corrected chi connectivity index (χ3v) is 6.00. The highest BCUT2D eigenvalue weighted by Gasteiger charge is 2.33. The van der Waals surface area contributed by atoms with Crippen molar-refractivity contribution in [2.45, 2.75) is 31.3 Å². The van der Waals surface area contributed by atoms with Crippen molar-refractivity contribution in [2.24, 2.45) is 0 Å². The highest BCUT2D eigenvalue weighted by Crippen LogP contribution is 2.25. The van der Waals surface area contributed by atoms with Crippen LogP contribution in [0.15, 0.2) is 36.5 Å². The molecule has 2 amide bonds. The molecule has 0 radical (unpaired) electrons. The van der Waals surface area contributed by atoms with Crippen LogP contribution in [0.1, 0.15) is 29.8 Å². The molecule has 2 aromatic rings.